The maximum atomic E-state index is 11.9. The van der Waals surface area contributed by atoms with Crippen molar-refractivity contribution in [3.63, 3.8) is 0 Å². The van der Waals surface area contributed by atoms with E-state index in [2.05, 4.69) is 0 Å². The molecule has 0 aliphatic heterocycles. The Morgan fingerprint density at radius 1 is 1.41 bits per heavy atom. The van der Waals surface area contributed by atoms with Crippen molar-refractivity contribution in [3.05, 3.63) is 30.0 Å². The van der Waals surface area contributed by atoms with E-state index in [9.17, 15) is 4.79 Å². The van der Waals surface area contributed by atoms with Crippen LogP contribution in [0.1, 0.15) is 17.4 Å². The van der Waals surface area contributed by atoms with Gasteiger partial charge in [0.05, 0.1) is 18.8 Å². The first kappa shape index (κ1) is 11.7. The molecule has 1 atom stereocenters. The van der Waals surface area contributed by atoms with Crippen LogP contribution < -0.4 is 10.5 Å². The average Bonchev–Trinajstić information content (AvgIpc) is 2.65. The normalized spacial score (nSPS) is 12.7. The van der Waals surface area contributed by atoms with Gasteiger partial charge in [-0.25, -0.2) is 0 Å². The second kappa shape index (κ2) is 4.22. The van der Waals surface area contributed by atoms with Crippen LogP contribution in [-0.2, 0) is 7.05 Å². The largest absolute Gasteiger partial charge is 0.497 e. The lowest BCUT2D eigenvalue weighted by Crippen LogP contribution is -2.28. The van der Waals surface area contributed by atoms with E-state index < -0.39 is 6.04 Å². The Kier molecular flexibility index (Phi) is 2.90. The van der Waals surface area contributed by atoms with Gasteiger partial charge in [-0.15, -0.1) is 0 Å². The van der Waals surface area contributed by atoms with Crippen LogP contribution in [0.5, 0.6) is 5.75 Å². The number of aromatic nitrogens is 1. The topological polar surface area (TPSA) is 57.2 Å². The Morgan fingerprint density at radius 3 is 2.71 bits per heavy atom. The smallest absolute Gasteiger partial charge is 0.195 e. The third kappa shape index (κ3) is 1.91. The Labute approximate surface area is 100.0 Å². The third-order valence-corrected chi connectivity index (χ3v) is 2.92. The molecule has 2 aromatic rings. The molecule has 0 spiro atoms. The molecule has 0 aliphatic carbocycles. The number of hydrogen-bond donors (Lipinski definition) is 1. The van der Waals surface area contributed by atoms with Gasteiger partial charge in [0, 0.05) is 18.0 Å². The summed E-state index contributed by atoms with van der Waals surface area (Å²) in [6, 6.07) is 7.09. The van der Waals surface area contributed by atoms with Crippen molar-refractivity contribution < 1.29 is 9.53 Å². The zero-order valence-electron chi connectivity index (χ0n) is 10.2. The Hall–Kier alpha value is -1.81. The fraction of sp³-hybridized carbons (Fsp3) is 0.308. The summed E-state index contributed by atoms with van der Waals surface area (Å²) < 4.78 is 7.02. The van der Waals surface area contributed by atoms with Crippen molar-refractivity contribution in [3.8, 4) is 5.75 Å². The van der Waals surface area contributed by atoms with Crippen molar-refractivity contribution in [2.75, 3.05) is 7.11 Å². The summed E-state index contributed by atoms with van der Waals surface area (Å²) in [5.41, 5.74) is 7.25. The van der Waals surface area contributed by atoms with Gasteiger partial charge in [0.15, 0.2) is 5.78 Å². The van der Waals surface area contributed by atoms with Gasteiger partial charge in [0.2, 0.25) is 0 Å². The number of benzene rings is 1. The predicted molar refractivity (Wildman–Crippen MR) is 67.5 cm³/mol. The summed E-state index contributed by atoms with van der Waals surface area (Å²) in [6.07, 6.45) is 0. The molecule has 0 saturated heterocycles. The molecule has 0 radical (unpaired) electrons. The van der Waals surface area contributed by atoms with Gasteiger partial charge in [0.25, 0.3) is 0 Å². The Balaban J connectivity index is 2.60. The van der Waals surface area contributed by atoms with Gasteiger partial charge < -0.3 is 15.0 Å². The van der Waals surface area contributed by atoms with Crippen LogP contribution >= 0.6 is 0 Å². The van der Waals surface area contributed by atoms with Crippen molar-refractivity contribution in [2.45, 2.75) is 13.0 Å². The highest BCUT2D eigenvalue weighted by Crippen LogP contribution is 2.24. The molecule has 90 valence electrons. The van der Waals surface area contributed by atoms with Crippen molar-refractivity contribution in [2.24, 2.45) is 12.8 Å². The SMILES string of the molecule is COc1ccc2c(c1)cc(C(=O)C(C)N)n2C. The number of fused-ring (bicyclic) bond motifs is 1. The van der Waals surface area contributed by atoms with E-state index in [4.69, 9.17) is 10.5 Å². The predicted octanol–water partition coefficient (Wildman–Crippen LogP) is 1.72. The van der Waals surface area contributed by atoms with Crippen LogP contribution in [0, 0.1) is 0 Å². The number of hydrogen-bond acceptors (Lipinski definition) is 3. The van der Waals surface area contributed by atoms with Gasteiger partial charge in [-0.2, -0.15) is 0 Å². The lowest BCUT2D eigenvalue weighted by molar-refractivity contribution is 0.0960. The summed E-state index contributed by atoms with van der Waals surface area (Å²) in [4.78, 5) is 11.9. The number of aryl methyl sites for hydroxylation is 1. The van der Waals surface area contributed by atoms with Crippen molar-refractivity contribution >= 4 is 16.7 Å². The molecule has 2 N–H and O–H groups in total. The monoisotopic (exact) mass is 232 g/mol. The summed E-state index contributed by atoms with van der Waals surface area (Å²) in [5, 5.41) is 0.982. The second-order valence-electron chi connectivity index (χ2n) is 4.17. The van der Waals surface area contributed by atoms with Crippen LogP contribution in [0.4, 0.5) is 0 Å². The van der Waals surface area contributed by atoms with Crippen molar-refractivity contribution in [1.82, 2.24) is 4.57 Å². The van der Waals surface area contributed by atoms with E-state index in [-0.39, 0.29) is 5.78 Å². The van der Waals surface area contributed by atoms with E-state index in [1.807, 2.05) is 35.9 Å². The molecule has 0 bridgehead atoms. The molecule has 1 unspecified atom stereocenters. The molecule has 1 aromatic carbocycles. The molecule has 1 heterocycles. The molecule has 0 amide bonds. The van der Waals surface area contributed by atoms with Gasteiger partial charge in [0.1, 0.15) is 5.75 Å². The minimum atomic E-state index is -0.486. The first-order valence-electron chi connectivity index (χ1n) is 5.48. The zero-order chi connectivity index (χ0) is 12.6. The van der Waals surface area contributed by atoms with Crippen LogP contribution in [-0.4, -0.2) is 23.5 Å². The minimum absolute atomic E-state index is 0.0531. The molecular formula is C13H16N2O2. The summed E-state index contributed by atoms with van der Waals surface area (Å²) in [5.74, 6) is 0.727. The summed E-state index contributed by atoms with van der Waals surface area (Å²) in [7, 11) is 3.49. The van der Waals surface area contributed by atoms with E-state index in [1.54, 1.807) is 14.0 Å². The molecule has 0 saturated carbocycles. The first-order valence-corrected chi connectivity index (χ1v) is 5.48. The van der Waals surface area contributed by atoms with Crippen LogP contribution in [0.3, 0.4) is 0 Å². The number of rotatable bonds is 3. The number of methoxy groups -OCH3 is 1. The lowest BCUT2D eigenvalue weighted by Gasteiger charge is -2.05. The third-order valence-electron chi connectivity index (χ3n) is 2.92. The molecular weight excluding hydrogens is 216 g/mol. The van der Waals surface area contributed by atoms with Crippen LogP contribution in [0.2, 0.25) is 0 Å². The molecule has 4 heteroatoms. The molecule has 17 heavy (non-hydrogen) atoms. The maximum Gasteiger partial charge on any atom is 0.195 e. The number of nitrogens with zero attached hydrogens (tertiary/aromatic N) is 1. The van der Waals surface area contributed by atoms with E-state index in [0.717, 1.165) is 16.7 Å². The lowest BCUT2D eigenvalue weighted by atomic mass is 10.1. The van der Waals surface area contributed by atoms with Crippen LogP contribution in [0.25, 0.3) is 10.9 Å². The minimum Gasteiger partial charge on any atom is -0.497 e. The fourth-order valence-electron chi connectivity index (χ4n) is 1.92. The number of carbonyl (C=O) groups excluding carboxylic acids is 1. The second-order valence-corrected chi connectivity index (χ2v) is 4.17. The standard InChI is InChI=1S/C13H16N2O2/c1-8(14)13(16)12-7-9-6-10(17-3)4-5-11(9)15(12)2/h4-8H,14H2,1-3H3. The van der Waals surface area contributed by atoms with E-state index in [1.165, 1.54) is 0 Å². The fourth-order valence-corrected chi connectivity index (χ4v) is 1.92. The Bertz CT molecular complexity index is 570. The molecule has 0 fully saturated rings. The highest BCUT2D eigenvalue weighted by Gasteiger charge is 2.16. The Morgan fingerprint density at radius 2 is 2.12 bits per heavy atom. The number of Topliss-reactive ketones (excluding diaryl/α,β-unsaturated/α-hetero) is 1. The summed E-state index contributed by atoms with van der Waals surface area (Å²) in [6.45, 7) is 1.70. The molecule has 1 aromatic heterocycles. The number of ketones is 1. The van der Waals surface area contributed by atoms with Gasteiger partial charge in [-0.1, -0.05) is 0 Å². The van der Waals surface area contributed by atoms with Gasteiger partial charge in [-0.3, -0.25) is 4.79 Å². The highest BCUT2D eigenvalue weighted by molar-refractivity contribution is 6.02. The van der Waals surface area contributed by atoms with E-state index in [0.29, 0.717) is 5.69 Å². The zero-order valence-corrected chi connectivity index (χ0v) is 10.2. The number of ether oxygens (including phenoxy) is 1. The van der Waals surface area contributed by atoms with Crippen molar-refractivity contribution in [1.29, 1.82) is 0 Å². The first-order chi connectivity index (χ1) is 8.04. The molecule has 4 nitrogen and oxygen atoms in total. The summed E-state index contributed by atoms with van der Waals surface area (Å²) >= 11 is 0. The van der Waals surface area contributed by atoms with Crippen LogP contribution in [0.15, 0.2) is 24.3 Å². The van der Waals surface area contributed by atoms with E-state index >= 15 is 0 Å². The van der Waals surface area contributed by atoms with Gasteiger partial charge in [-0.05, 0) is 31.2 Å². The average molecular weight is 232 g/mol. The quantitative estimate of drug-likeness (QED) is 0.820. The maximum absolute atomic E-state index is 11.9. The molecule has 0 aliphatic rings. The number of carbonyl (C=O) groups is 1. The molecule has 2 rings (SSSR count). The van der Waals surface area contributed by atoms with Gasteiger partial charge >= 0.3 is 0 Å². The highest BCUT2D eigenvalue weighted by atomic mass is 16.5. The number of nitrogens with two attached hydrogens (primary N) is 1.